The number of H-pyrrole nitrogens is 1. The Hall–Kier alpha value is -3.99. The Morgan fingerprint density at radius 3 is 2.10 bits per heavy atom. The summed E-state index contributed by atoms with van der Waals surface area (Å²) < 4.78 is 0. The first kappa shape index (κ1) is 16.9. The number of nitrogens with zero attached hydrogens (tertiary/aromatic N) is 4. The first-order valence-electron chi connectivity index (χ1n) is 9.93. The summed E-state index contributed by atoms with van der Waals surface area (Å²) >= 11 is 0. The quantitative estimate of drug-likeness (QED) is 0.395. The van der Waals surface area contributed by atoms with Gasteiger partial charge in [0.2, 0.25) is 0 Å². The van der Waals surface area contributed by atoms with E-state index in [1.54, 1.807) is 0 Å². The minimum absolute atomic E-state index is 0.855. The van der Waals surface area contributed by atoms with Gasteiger partial charge in [0, 0.05) is 53.9 Å². The summed E-state index contributed by atoms with van der Waals surface area (Å²) in [5.74, 6) is 0.855. The van der Waals surface area contributed by atoms with Crippen LogP contribution < -0.4 is 4.90 Å². The van der Waals surface area contributed by atoms with E-state index in [9.17, 15) is 0 Å². The first-order valence-corrected chi connectivity index (χ1v) is 9.93. The topological polar surface area (TPSA) is 57.7 Å². The average molecular weight is 389 g/mol. The van der Waals surface area contributed by atoms with E-state index in [4.69, 9.17) is 4.98 Å². The number of aromatic amines is 1. The number of pyridine rings is 2. The molecule has 5 nitrogen and oxygen atoms in total. The van der Waals surface area contributed by atoms with E-state index in [1.165, 1.54) is 16.5 Å². The molecule has 6 rings (SSSR count). The fraction of sp³-hybridized carbons (Fsp3) is 0.0800. The highest BCUT2D eigenvalue weighted by Gasteiger charge is 2.17. The normalized spacial score (nSPS) is 11.7. The summed E-state index contributed by atoms with van der Waals surface area (Å²) in [5, 5.41) is 4.42. The third-order valence-electron chi connectivity index (χ3n) is 5.71. The lowest BCUT2D eigenvalue weighted by atomic mass is 10.0. The molecule has 30 heavy (non-hydrogen) atoms. The molecule has 0 amide bonds. The lowest BCUT2D eigenvalue weighted by Gasteiger charge is -2.17. The van der Waals surface area contributed by atoms with E-state index in [1.807, 2.05) is 24.5 Å². The maximum absolute atomic E-state index is 5.05. The number of rotatable bonds is 2. The van der Waals surface area contributed by atoms with Crippen LogP contribution in [0.25, 0.3) is 55.0 Å². The second-order valence-corrected chi connectivity index (χ2v) is 7.68. The van der Waals surface area contributed by atoms with Crippen LogP contribution in [0.1, 0.15) is 0 Å². The van der Waals surface area contributed by atoms with Crippen molar-refractivity contribution in [2.45, 2.75) is 0 Å². The van der Waals surface area contributed by atoms with Gasteiger partial charge >= 0.3 is 0 Å². The van der Waals surface area contributed by atoms with E-state index in [0.29, 0.717) is 0 Å². The van der Waals surface area contributed by atoms with Gasteiger partial charge in [-0.1, -0.05) is 24.3 Å². The largest absolute Gasteiger partial charge is 0.377 e. The number of benzene rings is 3. The summed E-state index contributed by atoms with van der Waals surface area (Å²) in [7, 11) is 4.14. The van der Waals surface area contributed by atoms with Gasteiger partial charge in [-0.2, -0.15) is 0 Å². The van der Waals surface area contributed by atoms with Crippen LogP contribution in [0.15, 0.2) is 73.1 Å². The monoisotopic (exact) mass is 389 g/mol. The molecule has 144 valence electrons. The molecule has 0 saturated carbocycles. The van der Waals surface area contributed by atoms with Crippen LogP contribution >= 0.6 is 0 Å². The summed E-state index contributed by atoms with van der Waals surface area (Å²) in [6, 6.07) is 20.8. The number of aromatic nitrogens is 4. The maximum Gasteiger partial charge on any atom is 0.139 e. The molecular weight excluding hydrogens is 370 g/mol. The molecule has 3 heterocycles. The zero-order valence-electron chi connectivity index (χ0n) is 16.7. The molecule has 0 fully saturated rings. The second kappa shape index (κ2) is 6.26. The molecule has 0 aliphatic heterocycles. The first-order chi connectivity index (χ1) is 14.7. The fourth-order valence-electron chi connectivity index (χ4n) is 4.35. The number of anilines is 1. The lowest BCUT2D eigenvalue weighted by molar-refractivity contribution is 1.14. The van der Waals surface area contributed by atoms with Crippen molar-refractivity contribution >= 4 is 49.3 Å². The SMILES string of the molecule is CN(C)c1ccc(-c2nc3c4cccnc4c4ncccc4c3[nH]2)c2ccccc12. The zero-order chi connectivity index (χ0) is 20.2. The van der Waals surface area contributed by atoms with Crippen molar-refractivity contribution in [2.24, 2.45) is 0 Å². The fourth-order valence-corrected chi connectivity index (χ4v) is 4.35. The van der Waals surface area contributed by atoms with Gasteiger partial charge in [0.05, 0.1) is 22.1 Å². The Morgan fingerprint density at radius 2 is 1.33 bits per heavy atom. The second-order valence-electron chi connectivity index (χ2n) is 7.68. The minimum Gasteiger partial charge on any atom is -0.377 e. The van der Waals surface area contributed by atoms with Crippen molar-refractivity contribution in [1.29, 1.82) is 0 Å². The van der Waals surface area contributed by atoms with Gasteiger partial charge < -0.3 is 9.88 Å². The molecule has 6 aromatic rings. The molecule has 0 atom stereocenters. The zero-order valence-corrected chi connectivity index (χ0v) is 16.7. The Morgan fingerprint density at radius 1 is 0.667 bits per heavy atom. The van der Waals surface area contributed by atoms with Crippen molar-refractivity contribution in [2.75, 3.05) is 19.0 Å². The van der Waals surface area contributed by atoms with E-state index >= 15 is 0 Å². The number of fused-ring (bicyclic) bond motifs is 7. The average Bonchev–Trinajstić information content (AvgIpc) is 3.24. The summed E-state index contributed by atoms with van der Waals surface area (Å²) in [4.78, 5) is 20.0. The highest BCUT2D eigenvalue weighted by Crippen LogP contribution is 2.37. The number of nitrogens with one attached hydrogen (secondary N) is 1. The Kier molecular flexibility index (Phi) is 3.53. The van der Waals surface area contributed by atoms with Crippen molar-refractivity contribution < 1.29 is 0 Å². The van der Waals surface area contributed by atoms with Crippen LogP contribution in [-0.4, -0.2) is 34.0 Å². The van der Waals surface area contributed by atoms with Crippen LogP contribution in [-0.2, 0) is 0 Å². The summed E-state index contributed by atoms with van der Waals surface area (Å²) in [5.41, 5.74) is 5.97. The summed E-state index contributed by atoms with van der Waals surface area (Å²) in [6.07, 6.45) is 3.62. The van der Waals surface area contributed by atoms with Gasteiger partial charge in [-0.3, -0.25) is 9.97 Å². The smallest absolute Gasteiger partial charge is 0.139 e. The van der Waals surface area contributed by atoms with E-state index < -0.39 is 0 Å². The van der Waals surface area contributed by atoms with Gasteiger partial charge in [-0.15, -0.1) is 0 Å². The highest BCUT2D eigenvalue weighted by atomic mass is 15.1. The number of hydrogen-bond acceptors (Lipinski definition) is 4. The molecule has 0 bridgehead atoms. The van der Waals surface area contributed by atoms with Gasteiger partial charge in [-0.05, 0) is 41.8 Å². The van der Waals surface area contributed by atoms with Crippen molar-refractivity contribution in [3.63, 3.8) is 0 Å². The Labute approximate surface area is 173 Å². The molecule has 3 aromatic heterocycles. The van der Waals surface area contributed by atoms with Crippen LogP contribution in [0.5, 0.6) is 0 Å². The highest BCUT2D eigenvalue weighted by molar-refractivity contribution is 6.21. The van der Waals surface area contributed by atoms with E-state index in [2.05, 4.69) is 82.5 Å². The predicted octanol–water partition coefficient (Wildman–Crippen LogP) is 5.55. The van der Waals surface area contributed by atoms with Crippen LogP contribution in [0.2, 0.25) is 0 Å². The maximum atomic E-state index is 5.05. The molecule has 0 aliphatic rings. The molecule has 0 spiro atoms. The third-order valence-corrected chi connectivity index (χ3v) is 5.71. The van der Waals surface area contributed by atoms with E-state index in [0.717, 1.165) is 44.2 Å². The Balaban J connectivity index is 1.73. The molecule has 0 aliphatic carbocycles. The summed E-state index contributed by atoms with van der Waals surface area (Å²) in [6.45, 7) is 0. The van der Waals surface area contributed by atoms with Gasteiger partial charge in [-0.25, -0.2) is 4.98 Å². The molecule has 0 unspecified atom stereocenters. The van der Waals surface area contributed by atoms with Crippen LogP contribution in [0, 0.1) is 0 Å². The van der Waals surface area contributed by atoms with Crippen molar-refractivity contribution in [3.05, 3.63) is 73.1 Å². The molecule has 0 radical (unpaired) electrons. The number of imidazole rings is 1. The standard InChI is InChI=1S/C25H19N5/c1-30(2)20-12-11-17(15-7-3-4-8-16(15)20)25-28-23-18-9-5-13-26-21(18)22-19(24(23)29-25)10-6-14-27-22/h3-14H,1-2H3,(H,28,29). The minimum atomic E-state index is 0.855. The van der Waals surface area contributed by atoms with Gasteiger partial charge in [0.25, 0.3) is 0 Å². The van der Waals surface area contributed by atoms with E-state index in [-0.39, 0.29) is 0 Å². The number of hydrogen-bond donors (Lipinski definition) is 1. The molecule has 5 heteroatoms. The van der Waals surface area contributed by atoms with Crippen LogP contribution in [0.3, 0.4) is 0 Å². The van der Waals surface area contributed by atoms with Crippen LogP contribution in [0.4, 0.5) is 5.69 Å². The molecule has 0 saturated heterocycles. The molecular formula is C25H19N5. The molecule has 1 N–H and O–H groups in total. The lowest BCUT2D eigenvalue weighted by Crippen LogP contribution is -2.09. The predicted molar refractivity (Wildman–Crippen MR) is 124 cm³/mol. The van der Waals surface area contributed by atoms with Crippen molar-refractivity contribution in [3.8, 4) is 11.4 Å². The van der Waals surface area contributed by atoms with Gasteiger partial charge in [0.1, 0.15) is 5.82 Å². The van der Waals surface area contributed by atoms with Gasteiger partial charge in [0.15, 0.2) is 0 Å². The Bertz CT molecular complexity index is 1510. The third kappa shape index (κ3) is 2.32. The van der Waals surface area contributed by atoms with Crippen molar-refractivity contribution in [1.82, 2.24) is 19.9 Å². The molecule has 3 aromatic carbocycles.